The highest BCUT2D eigenvalue weighted by Crippen LogP contribution is 2.29. The zero-order chi connectivity index (χ0) is 28.6. The van der Waals surface area contributed by atoms with Gasteiger partial charge in [0.2, 0.25) is 0 Å². The lowest BCUT2D eigenvalue weighted by Gasteiger charge is -2.31. The summed E-state index contributed by atoms with van der Waals surface area (Å²) in [5.41, 5.74) is 5.00. The average molecular weight is 561 g/mol. The van der Waals surface area contributed by atoms with Crippen LogP contribution in [0.2, 0.25) is 5.02 Å². The van der Waals surface area contributed by atoms with E-state index in [1.165, 1.54) is 0 Å². The molecule has 1 fully saturated rings. The molecule has 40 heavy (non-hydrogen) atoms. The van der Waals surface area contributed by atoms with Gasteiger partial charge < -0.3 is 36.7 Å². The van der Waals surface area contributed by atoms with Gasteiger partial charge >= 0.3 is 0 Å². The van der Waals surface area contributed by atoms with E-state index in [-0.39, 0.29) is 17.6 Å². The number of allylic oxidation sites excluding steroid dienone is 1. The normalized spacial score (nSPS) is 14.2. The molecule has 6 N–H and O–H groups in total. The number of nitrogens with one attached hydrogen (secondary N) is 5. The summed E-state index contributed by atoms with van der Waals surface area (Å²) in [6, 6.07) is 19.9. The smallest absolute Gasteiger partial charge is 0.258 e. The Morgan fingerprint density at radius 1 is 0.950 bits per heavy atom. The van der Waals surface area contributed by atoms with Gasteiger partial charge in [-0.3, -0.25) is 9.59 Å². The van der Waals surface area contributed by atoms with Gasteiger partial charge in [0, 0.05) is 60.4 Å². The monoisotopic (exact) mass is 560 g/mol. The van der Waals surface area contributed by atoms with Gasteiger partial charge in [0.05, 0.1) is 22.4 Å². The summed E-state index contributed by atoms with van der Waals surface area (Å²) in [6.07, 6.45) is 2.29. The van der Waals surface area contributed by atoms with Crippen LogP contribution in [-0.4, -0.2) is 49.4 Å². The number of aliphatic hydroxyl groups is 1. The largest absolute Gasteiger partial charge is 0.393 e. The summed E-state index contributed by atoms with van der Waals surface area (Å²) in [4.78, 5) is 27.4. The van der Waals surface area contributed by atoms with Gasteiger partial charge in [-0.2, -0.15) is 0 Å². The molecule has 0 unspecified atom stereocenters. The van der Waals surface area contributed by atoms with Crippen LogP contribution in [0.5, 0.6) is 0 Å². The highest BCUT2D eigenvalue weighted by atomic mass is 35.5. The second-order valence-corrected chi connectivity index (χ2v) is 9.91. The molecule has 0 saturated carbocycles. The Hall–Kier alpha value is -4.34. The van der Waals surface area contributed by atoms with Crippen LogP contribution in [-0.2, 0) is 4.79 Å². The Kier molecular flexibility index (Phi) is 9.42. The maximum atomic E-state index is 12.7. The maximum Gasteiger partial charge on any atom is 0.258 e. The molecule has 9 nitrogen and oxygen atoms in total. The molecule has 10 heteroatoms. The molecule has 0 aromatic heterocycles. The predicted molar refractivity (Wildman–Crippen MR) is 162 cm³/mol. The van der Waals surface area contributed by atoms with E-state index < -0.39 is 5.91 Å². The van der Waals surface area contributed by atoms with Crippen LogP contribution in [0, 0.1) is 5.41 Å². The molecule has 1 aliphatic heterocycles. The van der Waals surface area contributed by atoms with E-state index in [4.69, 9.17) is 17.0 Å². The first kappa shape index (κ1) is 28.7. The van der Waals surface area contributed by atoms with Crippen molar-refractivity contribution in [3.8, 4) is 0 Å². The molecular formula is C30H33ClN6O3. The van der Waals surface area contributed by atoms with E-state index >= 15 is 0 Å². The Morgan fingerprint density at radius 2 is 1.57 bits per heavy atom. The van der Waals surface area contributed by atoms with Crippen LogP contribution in [0.1, 0.15) is 30.1 Å². The highest BCUT2D eigenvalue weighted by Gasteiger charge is 2.17. The maximum absolute atomic E-state index is 12.7. The number of benzene rings is 3. The minimum Gasteiger partial charge on any atom is -0.393 e. The molecule has 0 bridgehead atoms. The summed E-state index contributed by atoms with van der Waals surface area (Å²) in [5, 5.41) is 29.4. The minimum atomic E-state index is -0.407. The lowest BCUT2D eigenvalue weighted by Crippen LogP contribution is -2.35. The van der Waals surface area contributed by atoms with Crippen molar-refractivity contribution in [3.05, 3.63) is 88.6 Å². The Morgan fingerprint density at radius 3 is 2.17 bits per heavy atom. The lowest BCUT2D eigenvalue weighted by atomic mass is 10.1. The summed E-state index contributed by atoms with van der Waals surface area (Å²) in [7, 11) is 1.69. The van der Waals surface area contributed by atoms with Crippen LogP contribution < -0.4 is 26.2 Å². The number of aliphatic hydroxyl groups excluding tert-OH is 1. The van der Waals surface area contributed by atoms with E-state index in [0.717, 1.165) is 43.5 Å². The zero-order valence-electron chi connectivity index (χ0n) is 22.4. The number of piperidine rings is 1. The molecular weight excluding hydrogens is 528 g/mol. The Labute approximate surface area is 238 Å². The SMILES string of the molecule is CN/C(C)=C(\C=N)C(=O)Nc1ccc(Nc2ccc(NC(=O)c3ccc(N4CCC(O)CC4)cc3)cc2)c(Cl)c1. The van der Waals surface area contributed by atoms with Gasteiger partial charge in [-0.05, 0) is 86.5 Å². The number of anilines is 5. The number of rotatable bonds is 9. The number of halogens is 1. The highest BCUT2D eigenvalue weighted by molar-refractivity contribution is 6.33. The van der Waals surface area contributed by atoms with Crippen LogP contribution in [0.4, 0.5) is 28.4 Å². The quantitative estimate of drug-likeness (QED) is 0.154. The van der Waals surface area contributed by atoms with Crippen LogP contribution >= 0.6 is 11.6 Å². The first-order valence-corrected chi connectivity index (χ1v) is 13.4. The van der Waals surface area contributed by atoms with Crippen molar-refractivity contribution in [2.24, 2.45) is 0 Å². The van der Waals surface area contributed by atoms with E-state index in [1.807, 2.05) is 36.4 Å². The number of nitrogens with zero attached hydrogens (tertiary/aromatic N) is 1. The Bertz CT molecular complexity index is 1400. The molecule has 1 aliphatic rings. The van der Waals surface area contributed by atoms with E-state index in [2.05, 4.69) is 26.2 Å². The van der Waals surface area contributed by atoms with Gasteiger partial charge in [-0.15, -0.1) is 0 Å². The molecule has 0 aliphatic carbocycles. The first-order chi connectivity index (χ1) is 19.3. The first-order valence-electron chi connectivity index (χ1n) is 13.0. The number of hydrogen-bond acceptors (Lipinski definition) is 7. The predicted octanol–water partition coefficient (Wildman–Crippen LogP) is 5.38. The molecule has 1 saturated heterocycles. The zero-order valence-corrected chi connectivity index (χ0v) is 23.2. The molecule has 0 spiro atoms. The molecule has 1 heterocycles. The fourth-order valence-electron chi connectivity index (χ4n) is 4.31. The van der Waals surface area contributed by atoms with Gasteiger partial charge in [0.15, 0.2) is 0 Å². The summed E-state index contributed by atoms with van der Waals surface area (Å²) in [6.45, 7) is 3.33. The molecule has 4 rings (SSSR count). The van der Waals surface area contributed by atoms with E-state index in [9.17, 15) is 14.7 Å². The molecule has 3 aromatic rings. The summed E-state index contributed by atoms with van der Waals surface area (Å²) >= 11 is 6.45. The fraction of sp³-hybridized carbons (Fsp3) is 0.233. The van der Waals surface area contributed by atoms with Gasteiger partial charge in [0.1, 0.15) is 0 Å². The average Bonchev–Trinajstić information content (AvgIpc) is 2.96. The van der Waals surface area contributed by atoms with Crippen LogP contribution in [0.25, 0.3) is 0 Å². The molecule has 0 atom stereocenters. The minimum absolute atomic E-state index is 0.201. The summed E-state index contributed by atoms with van der Waals surface area (Å²) in [5.74, 6) is -0.608. The van der Waals surface area contributed by atoms with Gasteiger partial charge in [0.25, 0.3) is 11.8 Å². The van der Waals surface area contributed by atoms with Crippen LogP contribution in [0.3, 0.4) is 0 Å². The van der Waals surface area contributed by atoms with E-state index in [1.54, 1.807) is 44.3 Å². The number of amides is 2. The van der Waals surface area contributed by atoms with Crippen molar-refractivity contribution >= 4 is 58.1 Å². The van der Waals surface area contributed by atoms with Gasteiger partial charge in [-0.1, -0.05) is 11.6 Å². The molecule has 208 valence electrons. The molecule has 2 amide bonds. The topological polar surface area (TPSA) is 130 Å². The van der Waals surface area contributed by atoms with E-state index in [0.29, 0.717) is 33.3 Å². The lowest BCUT2D eigenvalue weighted by molar-refractivity contribution is -0.112. The third-order valence-corrected chi connectivity index (χ3v) is 7.09. The van der Waals surface area contributed by atoms with Crippen molar-refractivity contribution in [2.75, 3.05) is 41.0 Å². The van der Waals surface area contributed by atoms with Crippen molar-refractivity contribution in [2.45, 2.75) is 25.9 Å². The second-order valence-electron chi connectivity index (χ2n) is 9.50. The third kappa shape index (κ3) is 7.19. The Balaban J connectivity index is 1.33. The standard InChI is InChI=1S/C30H33ClN6O3/c1-19(33-2)26(18-32)30(40)36-23-9-12-28(27(31)17-23)34-21-5-7-22(8-6-21)35-29(39)20-3-10-24(11-4-20)37-15-13-25(38)14-16-37/h3-12,17-18,25,32-34,38H,13-16H2,1-2H3,(H,35,39)(H,36,40)/b26-19+,32-18?. The molecule has 3 aromatic carbocycles. The van der Waals surface area contributed by atoms with Crippen molar-refractivity contribution < 1.29 is 14.7 Å². The van der Waals surface area contributed by atoms with Crippen molar-refractivity contribution in [1.29, 1.82) is 5.41 Å². The second kappa shape index (κ2) is 13.1. The van der Waals surface area contributed by atoms with Crippen molar-refractivity contribution in [1.82, 2.24) is 5.32 Å². The number of hydrogen-bond donors (Lipinski definition) is 6. The van der Waals surface area contributed by atoms with Crippen LogP contribution in [0.15, 0.2) is 78.0 Å². The number of carbonyl (C=O) groups excluding carboxylic acids is 2. The fourth-order valence-corrected chi connectivity index (χ4v) is 4.54. The van der Waals surface area contributed by atoms with Gasteiger partial charge in [-0.25, -0.2) is 0 Å². The molecule has 0 radical (unpaired) electrons. The third-order valence-electron chi connectivity index (χ3n) is 6.78. The number of carbonyl (C=O) groups is 2. The summed E-state index contributed by atoms with van der Waals surface area (Å²) < 4.78 is 0. The van der Waals surface area contributed by atoms with Crippen molar-refractivity contribution in [3.63, 3.8) is 0 Å².